The average Bonchev–Trinajstić information content (AvgIpc) is 3.47. The molecule has 1 N–H and O–H groups in total. The number of rotatable bonds is 9. The third kappa shape index (κ3) is 6.43. The first kappa shape index (κ1) is 25.7. The Hall–Kier alpha value is -2.40. The Morgan fingerprint density at radius 2 is 2.03 bits per heavy atom. The maximum Gasteiger partial charge on any atom is 0.236 e. The predicted octanol–water partition coefficient (Wildman–Crippen LogP) is 7.02. The highest BCUT2D eigenvalue weighted by atomic mass is 79.9. The third-order valence-corrected chi connectivity index (χ3v) is 7.77. The van der Waals surface area contributed by atoms with Crippen molar-refractivity contribution in [1.82, 2.24) is 19.7 Å². The van der Waals surface area contributed by atoms with Crippen molar-refractivity contribution < 1.29 is 9.53 Å². The number of benzene rings is 2. The van der Waals surface area contributed by atoms with Gasteiger partial charge in [0.1, 0.15) is 5.75 Å². The van der Waals surface area contributed by atoms with Gasteiger partial charge in [-0.1, -0.05) is 51.4 Å². The molecule has 0 aliphatic rings. The SMILES string of the molecule is CCn1c(SCC(=O)Nc2nc(-c3ccc(Br)cc3)cs2)nnc1C(C)Oc1ccc(Cl)c(C)c1. The standard InChI is InChI=1S/C24H23BrClN5O2S2/c1-4-31-22(15(3)33-18-9-10-19(26)14(2)11-18)29-30-24(31)35-13-21(32)28-23-27-20(12-34-23)16-5-7-17(25)8-6-16/h5-12,15H,4,13H2,1-3H3,(H,27,28,32). The summed E-state index contributed by atoms with van der Waals surface area (Å²) < 4.78 is 9.03. The van der Waals surface area contributed by atoms with Crippen LogP contribution in [0.5, 0.6) is 5.75 Å². The predicted molar refractivity (Wildman–Crippen MR) is 146 cm³/mol. The van der Waals surface area contributed by atoms with Crippen LogP contribution in [0.1, 0.15) is 31.3 Å². The van der Waals surface area contributed by atoms with Crippen molar-refractivity contribution >= 4 is 61.7 Å². The molecule has 1 amide bonds. The Labute approximate surface area is 225 Å². The Balaban J connectivity index is 1.36. The van der Waals surface area contributed by atoms with Gasteiger partial charge in [-0.3, -0.25) is 4.79 Å². The van der Waals surface area contributed by atoms with Crippen molar-refractivity contribution in [3.8, 4) is 17.0 Å². The first-order chi connectivity index (χ1) is 16.8. The molecule has 2 heterocycles. The van der Waals surface area contributed by atoms with E-state index in [1.54, 1.807) is 0 Å². The van der Waals surface area contributed by atoms with Gasteiger partial charge in [-0.2, -0.15) is 0 Å². The van der Waals surface area contributed by atoms with Gasteiger partial charge in [-0.15, -0.1) is 21.5 Å². The molecule has 11 heteroatoms. The van der Waals surface area contributed by atoms with Crippen LogP contribution >= 0.6 is 50.6 Å². The molecule has 0 saturated heterocycles. The van der Waals surface area contributed by atoms with Crippen molar-refractivity contribution in [2.45, 2.75) is 38.6 Å². The molecule has 35 heavy (non-hydrogen) atoms. The lowest BCUT2D eigenvalue weighted by Gasteiger charge is -2.16. The summed E-state index contributed by atoms with van der Waals surface area (Å²) in [5.41, 5.74) is 2.76. The van der Waals surface area contributed by atoms with Gasteiger partial charge in [0, 0.05) is 27.0 Å². The van der Waals surface area contributed by atoms with E-state index in [2.05, 4.69) is 36.4 Å². The zero-order chi connectivity index (χ0) is 24.9. The molecule has 4 aromatic rings. The highest BCUT2D eigenvalue weighted by Gasteiger charge is 2.20. The number of thiazole rings is 1. The lowest BCUT2D eigenvalue weighted by Crippen LogP contribution is -2.15. The van der Waals surface area contributed by atoms with Gasteiger partial charge in [-0.25, -0.2) is 4.98 Å². The molecule has 1 unspecified atom stereocenters. The zero-order valence-electron chi connectivity index (χ0n) is 19.3. The third-order valence-electron chi connectivity index (χ3n) is 5.09. The number of hydrogen-bond donors (Lipinski definition) is 1. The number of ether oxygens (including phenoxy) is 1. The number of anilines is 1. The molecule has 2 aromatic carbocycles. The molecule has 7 nitrogen and oxygen atoms in total. The fraction of sp³-hybridized carbons (Fsp3) is 0.250. The van der Waals surface area contributed by atoms with Crippen LogP contribution in [0.15, 0.2) is 57.5 Å². The molecule has 0 aliphatic heterocycles. The van der Waals surface area contributed by atoms with Crippen molar-refractivity contribution in [2.75, 3.05) is 11.1 Å². The molecule has 0 saturated carbocycles. The van der Waals surface area contributed by atoms with Gasteiger partial charge >= 0.3 is 0 Å². The van der Waals surface area contributed by atoms with Gasteiger partial charge < -0.3 is 14.6 Å². The van der Waals surface area contributed by atoms with Crippen LogP contribution < -0.4 is 10.1 Å². The first-order valence-electron chi connectivity index (χ1n) is 10.8. The molecular weight excluding hydrogens is 570 g/mol. The fourth-order valence-corrected chi connectivity index (χ4v) is 5.25. The zero-order valence-corrected chi connectivity index (χ0v) is 23.3. The molecule has 0 fully saturated rings. The number of carbonyl (C=O) groups excluding carboxylic acids is 1. The summed E-state index contributed by atoms with van der Waals surface area (Å²) in [7, 11) is 0. The van der Waals surface area contributed by atoms with Crippen LogP contribution in [0.3, 0.4) is 0 Å². The van der Waals surface area contributed by atoms with E-state index >= 15 is 0 Å². The summed E-state index contributed by atoms with van der Waals surface area (Å²) in [6, 6.07) is 13.4. The minimum absolute atomic E-state index is 0.153. The minimum Gasteiger partial charge on any atom is -0.483 e. The van der Waals surface area contributed by atoms with Gasteiger partial charge in [-0.05, 0) is 56.7 Å². The number of aromatic nitrogens is 4. The molecule has 2 aromatic heterocycles. The number of hydrogen-bond acceptors (Lipinski definition) is 7. The van der Waals surface area contributed by atoms with Crippen molar-refractivity contribution in [3.63, 3.8) is 0 Å². The van der Waals surface area contributed by atoms with Crippen molar-refractivity contribution in [1.29, 1.82) is 0 Å². The number of halogens is 2. The molecule has 0 aliphatic carbocycles. The number of carbonyl (C=O) groups is 1. The Kier molecular flexibility index (Phi) is 8.48. The largest absolute Gasteiger partial charge is 0.483 e. The van der Waals surface area contributed by atoms with Crippen LogP contribution in [-0.4, -0.2) is 31.4 Å². The Bertz CT molecular complexity index is 1330. The summed E-state index contributed by atoms with van der Waals surface area (Å²) in [6.07, 6.45) is -0.321. The number of aryl methyl sites for hydroxylation is 1. The van der Waals surface area contributed by atoms with Crippen LogP contribution in [0.2, 0.25) is 5.02 Å². The lowest BCUT2D eigenvalue weighted by molar-refractivity contribution is -0.113. The van der Waals surface area contributed by atoms with Crippen molar-refractivity contribution in [3.05, 3.63) is 68.7 Å². The highest BCUT2D eigenvalue weighted by molar-refractivity contribution is 9.10. The van der Waals surface area contributed by atoms with Gasteiger partial charge in [0.15, 0.2) is 22.2 Å². The smallest absolute Gasteiger partial charge is 0.236 e. The maximum atomic E-state index is 12.6. The summed E-state index contributed by atoms with van der Waals surface area (Å²) >= 11 is 12.3. The van der Waals surface area contributed by atoms with E-state index in [-0.39, 0.29) is 17.8 Å². The Morgan fingerprint density at radius 1 is 1.26 bits per heavy atom. The normalized spacial score (nSPS) is 11.9. The minimum atomic E-state index is -0.321. The van der Waals surface area contributed by atoms with E-state index in [1.807, 2.05) is 73.2 Å². The summed E-state index contributed by atoms with van der Waals surface area (Å²) in [5.74, 6) is 1.45. The average molecular weight is 593 g/mol. The number of amides is 1. The second kappa shape index (κ2) is 11.6. The van der Waals surface area contributed by atoms with E-state index in [0.29, 0.717) is 33.4 Å². The van der Waals surface area contributed by atoms with E-state index in [1.165, 1.54) is 23.1 Å². The van der Waals surface area contributed by atoms with Gasteiger partial charge in [0.2, 0.25) is 5.91 Å². The molecule has 1 atom stereocenters. The van der Waals surface area contributed by atoms with Gasteiger partial charge in [0.05, 0.1) is 11.4 Å². The van der Waals surface area contributed by atoms with E-state index in [0.717, 1.165) is 21.3 Å². The monoisotopic (exact) mass is 591 g/mol. The summed E-state index contributed by atoms with van der Waals surface area (Å²) in [4.78, 5) is 17.1. The molecule has 0 bridgehead atoms. The van der Waals surface area contributed by atoms with E-state index in [4.69, 9.17) is 16.3 Å². The summed E-state index contributed by atoms with van der Waals surface area (Å²) in [5, 5.41) is 15.3. The summed E-state index contributed by atoms with van der Waals surface area (Å²) in [6.45, 7) is 6.52. The molecule has 0 radical (unpaired) electrons. The quantitative estimate of drug-likeness (QED) is 0.210. The Morgan fingerprint density at radius 3 is 2.74 bits per heavy atom. The highest BCUT2D eigenvalue weighted by Crippen LogP contribution is 2.28. The van der Waals surface area contributed by atoms with Crippen LogP contribution in [0, 0.1) is 6.92 Å². The van der Waals surface area contributed by atoms with Crippen LogP contribution in [0.25, 0.3) is 11.3 Å². The second-order valence-electron chi connectivity index (χ2n) is 7.64. The lowest BCUT2D eigenvalue weighted by atomic mass is 10.2. The molecule has 182 valence electrons. The topological polar surface area (TPSA) is 81.9 Å². The molecule has 0 spiro atoms. The molecular formula is C24H23BrClN5O2S2. The maximum absolute atomic E-state index is 12.6. The fourth-order valence-electron chi connectivity index (χ4n) is 3.32. The van der Waals surface area contributed by atoms with Gasteiger partial charge in [0.25, 0.3) is 0 Å². The van der Waals surface area contributed by atoms with E-state index < -0.39 is 0 Å². The number of thioether (sulfide) groups is 1. The number of nitrogens with zero attached hydrogens (tertiary/aromatic N) is 4. The molecule has 4 rings (SSSR count). The van der Waals surface area contributed by atoms with Crippen molar-refractivity contribution in [2.24, 2.45) is 0 Å². The van der Waals surface area contributed by atoms with Crippen LogP contribution in [0.4, 0.5) is 5.13 Å². The second-order valence-corrected chi connectivity index (χ2v) is 10.8. The van der Waals surface area contributed by atoms with E-state index in [9.17, 15) is 4.79 Å². The van der Waals surface area contributed by atoms with Crippen LogP contribution in [-0.2, 0) is 11.3 Å². The first-order valence-corrected chi connectivity index (χ1v) is 13.9. The number of nitrogens with one attached hydrogen (secondary N) is 1.